The lowest BCUT2D eigenvalue weighted by atomic mass is 10.0. The highest BCUT2D eigenvalue weighted by molar-refractivity contribution is 7.86. The van der Waals surface area contributed by atoms with Gasteiger partial charge in [-0.3, -0.25) is 4.18 Å². The summed E-state index contributed by atoms with van der Waals surface area (Å²) in [5, 5.41) is 0. The van der Waals surface area contributed by atoms with E-state index in [1.54, 1.807) is 0 Å². The van der Waals surface area contributed by atoms with Gasteiger partial charge in [-0.2, -0.15) is 8.42 Å². The van der Waals surface area contributed by atoms with E-state index in [1.165, 1.54) is 146 Å². The van der Waals surface area contributed by atoms with Gasteiger partial charge in [-0.05, 0) is 40.5 Å². The minimum Gasteiger partial charge on any atom is -0.325 e. The Morgan fingerprint density at radius 2 is 0.675 bits per heavy atom. The molecule has 0 fully saturated rings. The Labute approximate surface area is 254 Å². The third kappa shape index (κ3) is 29.4. The zero-order chi connectivity index (χ0) is 30.2. The van der Waals surface area contributed by atoms with E-state index < -0.39 is 10.1 Å². The second kappa shape index (κ2) is 31.8. The van der Waals surface area contributed by atoms with Crippen LogP contribution in [-0.4, -0.2) is 51.4 Å². The summed E-state index contributed by atoms with van der Waals surface area (Å²) >= 11 is 0. The van der Waals surface area contributed by atoms with Crippen LogP contribution in [0.25, 0.3) is 0 Å². The molecule has 4 nitrogen and oxygen atoms in total. The fourth-order valence-electron chi connectivity index (χ4n) is 5.47. The van der Waals surface area contributed by atoms with E-state index in [-0.39, 0.29) is 5.75 Å². The van der Waals surface area contributed by atoms with Gasteiger partial charge in [-0.25, -0.2) is 0 Å². The Balaban J connectivity index is 0. The molecule has 0 aromatic rings. The first kappa shape index (κ1) is 42.0. The second-order valence-corrected chi connectivity index (χ2v) is 13.9. The van der Waals surface area contributed by atoms with E-state index >= 15 is 0 Å². The first-order valence-electron chi connectivity index (χ1n) is 18.1. The van der Waals surface area contributed by atoms with Gasteiger partial charge in [0.25, 0.3) is 10.1 Å². The molecule has 0 heterocycles. The molecule has 0 radical (unpaired) electrons. The van der Waals surface area contributed by atoms with E-state index in [4.69, 9.17) is 4.18 Å². The maximum Gasteiger partial charge on any atom is 0.267 e. The zero-order valence-electron chi connectivity index (χ0n) is 28.6. The van der Waals surface area contributed by atoms with Crippen LogP contribution in [0, 0.1) is 0 Å². The smallest absolute Gasteiger partial charge is 0.267 e. The molecular weight excluding hydrogens is 514 g/mol. The quantitative estimate of drug-likeness (QED) is 0.0475. The highest BCUT2D eigenvalue weighted by atomic mass is 32.2. The van der Waals surface area contributed by atoms with Gasteiger partial charge in [-0.15, -0.1) is 0 Å². The first-order valence-corrected chi connectivity index (χ1v) is 19.7. The summed E-state index contributed by atoms with van der Waals surface area (Å²) in [5.41, 5.74) is 0. The van der Waals surface area contributed by atoms with Crippen molar-refractivity contribution >= 4 is 10.1 Å². The van der Waals surface area contributed by atoms with E-state index in [1.807, 2.05) is 0 Å². The molecule has 0 saturated carbocycles. The maximum atomic E-state index is 12.0. The Morgan fingerprint density at radius 3 is 0.950 bits per heavy atom. The lowest BCUT2D eigenvalue weighted by Gasteiger charge is -2.34. The van der Waals surface area contributed by atoms with Crippen LogP contribution in [0.2, 0.25) is 0 Å². The number of hydrogen-bond donors (Lipinski definition) is 0. The molecule has 0 unspecified atom stereocenters. The van der Waals surface area contributed by atoms with E-state index in [9.17, 15) is 8.42 Å². The SMILES string of the molecule is CCCCCCCCCCCCCCCOS(=O)(=O)CCCCCCCCCCCC.CC[N+](CC)(CC)CC. The molecule has 0 aliphatic carbocycles. The molecule has 0 N–H and O–H groups in total. The molecule has 0 aromatic heterocycles. The summed E-state index contributed by atoms with van der Waals surface area (Å²) < 4.78 is 30.4. The average molecular weight is 591 g/mol. The fraction of sp³-hybridized carbons (Fsp3) is 1.00. The maximum absolute atomic E-state index is 12.0. The van der Waals surface area contributed by atoms with Crippen molar-refractivity contribution in [2.75, 3.05) is 38.5 Å². The molecule has 0 atom stereocenters. The molecule has 0 aliphatic heterocycles. The van der Waals surface area contributed by atoms with Crippen molar-refractivity contribution in [1.29, 1.82) is 0 Å². The fourth-order valence-corrected chi connectivity index (χ4v) is 6.52. The van der Waals surface area contributed by atoms with Crippen LogP contribution in [0.5, 0.6) is 0 Å². The van der Waals surface area contributed by atoms with Gasteiger partial charge in [0, 0.05) is 0 Å². The predicted molar refractivity (Wildman–Crippen MR) is 180 cm³/mol. The van der Waals surface area contributed by atoms with E-state index in [0.29, 0.717) is 6.61 Å². The number of nitrogens with zero attached hydrogens (tertiary/aromatic N) is 1. The second-order valence-electron chi connectivity index (χ2n) is 12.1. The van der Waals surface area contributed by atoms with Gasteiger partial charge in [0.1, 0.15) is 0 Å². The number of unbranched alkanes of at least 4 members (excludes halogenated alkanes) is 21. The summed E-state index contributed by atoms with van der Waals surface area (Å²) in [6.07, 6.45) is 29.0. The molecule has 0 rings (SSSR count). The van der Waals surface area contributed by atoms with Crippen LogP contribution in [0.15, 0.2) is 0 Å². The highest BCUT2D eigenvalue weighted by Crippen LogP contribution is 2.14. The zero-order valence-corrected chi connectivity index (χ0v) is 29.4. The monoisotopic (exact) mass is 591 g/mol. The van der Waals surface area contributed by atoms with Crippen LogP contribution in [0.1, 0.15) is 189 Å². The molecule has 40 heavy (non-hydrogen) atoms. The van der Waals surface area contributed by atoms with Gasteiger partial charge in [0.2, 0.25) is 0 Å². The van der Waals surface area contributed by atoms with Crippen molar-refractivity contribution in [3.63, 3.8) is 0 Å². The lowest BCUT2D eigenvalue weighted by molar-refractivity contribution is -0.921. The van der Waals surface area contributed by atoms with Crippen molar-refractivity contribution in [3.8, 4) is 0 Å². The minimum atomic E-state index is -3.31. The largest absolute Gasteiger partial charge is 0.325 e. The van der Waals surface area contributed by atoms with E-state index in [2.05, 4.69) is 41.5 Å². The van der Waals surface area contributed by atoms with Gasteiger partial charge < -0.3 is 4.48 Å². The van der Waals surface area contributed by atoms with Crippen LogP contribution < -0.4 is 0 Å². The molecule has 0 aromatic carbocycles. The highest BCUT2D eigenvalue weighted by Gasteiger charge is 2.16. The number of rotatable bonds is 30. The van der Waals surface area contributed by atoms with E-state index in [0.717, 1.165) is 32.1 Å². The number of hydrogen-bond acceptors (Lipinski definition) is 3. The molecule has 244 valence electrons. The average Bonchev–Trinajstić information content (AvgIpc) is 2.96. The Kier molecular flexibility index (Phi) is 33.4. The van der Waals surface area contributed by atoms with Gasteiger partial charge in [-0.1, -0.05) is 149 Å². The van der Waals surface area contributed by atoms with Crippen molar-refractivity contribution in [2.45, 2.75) is 189 Å². The molecule has 0 spiro atoms. The predicted octanol–water partition coefficient (Wildman–Crippen LogP) is 11.2. The summed E-state index contributed by atoms with van der Waals surface area (Å²) in [4.78, 5) is 0. The third-order valence-corrected chi connectivity index (χ3v) is 10.3. The van der Waals surface area contributed by atoms with Gasteiger partial charge in [0.15, 0.2) is 0 Å². The van der Waals surface area contributed by atoms with Crippen LogP contribution in [0.4, 0.5) is 0 Å². The molecular formula is C35H76NO3S+. The Hall–Kier alpha value is -0.130. The molecule has 0 aliphatic rings. The summed E-state index contributed by atoms with van der Waals surface area (Å²) in [6.45, 7) is 19.1. The molecule has 0 bridgehead atoms. The van der Waals surface area contributed by atoms with Crippen LogP contribution in [0.3, 0.4) is 0 Å². The summed E-state index contributed by atoms with van der Waals surface area (Å²) in [7, 11) is -3.31. The Bertz CT molecular complexity index is 558. The van der Waals surface area contributed by atoms with Crippen LogP contribution >= 0.6 is 0 Å². The molecule has 0 saturated heterocycles. The molecule has 5 heteroatoms. The van der Waals surface area contributed by atoms with Crippen molar-refractivity contribution in [3.05, 3.63) is 0 Å². The van der Waals surface area contributed by atoms with Gasteiger partial charge in [0.05, 0.1) is 38.5 Å². The summed E-state index contributed by atoms with van der Waals surface area (Å²) in [6, 6.07) is 0. The van der Waals surface area contributed by atoms with Crippen molar-refractivity contribution in [1.82, 2.24) is 0 Å². The lowest BCUT2D eigenvalue weighted by Crippen LogP contribution is -2.47. The normalized spacial score (nSPS) is 11.9. The van der Waals surface area contributed by atoms with Crippen molar-refractivity contribution in [2.24, 2.45) is 0 Å². The topological polar surface area (TPSA) is 43.4 Å². The number of quaternary nitrogens is 1. The van der Waals surface area contributed by atoms with Crippen LogP contribution in [-0.2, 0) is 14.3 Å². The summed E-state index contributed by atoms with van der Waals surface area (Å²) in [5.74, 6) is 0.196. The first-order chi connectivity index (χ1) is 19.4. The minimum absolute atomic E-state index is 0.196. The van der Waals surface area contributed by atoms with Crippen molar-refractivity contribution < 1.29 is 17.1 Å². The van der Waals surface area contributed by atoms with Gasteiger partial charge >= 0.3 is 0 Å². The molecule has 0 amide bonds. The Morgan fingerprint density at radius 1 is 0.400 bits per heavy atom. The third-order valence-electron chi connectivity index (χ3n) is 8.94. The standard InChI is InChI=1S/C27H56O3S.C8H20N/c1-3-5-7-9-11-13-15-16-17-18-20-22-24-26-30-31(28,29)27-25-23-21-19-14-12-10-8-6-4-2;1-5-9(6-2,7-3)8-4/h3-27H2,1-2H3;5-8H2,1-4H3/q;+1.